The van der Waals surface area contributed by atoms with Crippen LogP contribution < -0.4 is 5.32 Å². The van der Waals surface area contributed by atoms with Gasteiger partial charge in [-0.2, -0.15) is 0 Å². The SMILES string of the molecule is Cc1ccc(NC(=O)CC2(C(=O)O)CCCCC2)cc1Br. The smallest absolute Gasteiger partial charge is 0.310 e. The van der Waals surface area contributed by atoms with Crippen LogP contribution in [0.1, 0.15) is 44.1 Å². The van der Waals surface area contributed by atoms with Crippen LogP contribution >= 0.6 is 15.9 Å². The quantitative estimate of drug-likeness (QED) is 0.855. The average molecular weight is 354 g/mol. The first-order valence-electron chi connectivity index (χ1n) is 7.22. The van der Waals surface area contributed by atoms with Crippen LogP contribution in [0.2, 0.25) is 0 Å². The van der Waals surface area contributed by atoms with E-state index in [1.807, 2.05) is 25.1 Å². The Balaban J connectivity index is 2.05. The van der Waals surface area contributed by atoms with E-state index in [1.165, 1.54) is 0 Å². The second-order valence-corrected chi connectivity index (χ2v) is 6.69. The van der Waals surface area contributed by atoms with Crippen molar-refractivity contribution in [3.8, 4) is 0 Å². The molecule has 0 bridgehead atoms. The Morgan fingerprint density at radius 1 is 1.29 bits per heavy atom. The van der Waals surface area contributed by atoms with Gasteiger partial charge in [-0.25, -0.2) is 0 Å². The maximum atomic E-state index is 12.2. The monoisotopic (exact) mass is 353 g/mol. The summed E-state index contributed by atoms with van der Waals surface area (Å²) in [6.45, 7) is 1.97. The number of rotatable bonds is 4. The van der Waals surface area contributed by atoms with Crippen LogP contribution in [-0.4, -0.2) is 17.0 Å². The number of aryl methyl sites for hydroxylation is 1. The number of carbonyl (C=O) groups excluding carboxylic acids is 1. The third kappa shape index (κ3) is 3.84. The molecule has 0 heterocycles. The number of anilines is 1. The molecule has 0 aromatic heterocycles. The van der Waals surface area contributed by atoms with Gasteiger partial charge in [0.2, 0.25) is 5.91 Å². The van der Waals surface area contributed by atoms with Gasteiger partial charge in [-0.15, -0.1) is 0 Å². The molecule has 1 aromatic rings. The second kappa shape index (κ2) is 6.60. The number of carboxylic acid groups (broad SMARTS) is 1. The molecule has 114 valence electrons. The highest BCUT2D eigenvalue weighted by Crippen LogP contribution is 2.39. The van der Waals surface area contributed by atoms with Crippen molar-refractivity contribution in [3.05, 3.63) is 28.2 Å². The van der Waals surface area contributed by atoms with Crippen LogP contribution in [0.5, 0.6) is 0 Å². The molecule has 1 aliphatic carbocycles. The fourth-order valence-corrected chi connectivity index (χ4v) is 3.26. The summed E-state index contributed by atoms with van der Waals surface area (Å²) < 4.78 is 0.922. The third-order valence-corrected chi connectivity index (χ3v) is 5.07. The molecule has 1 aromatic carbocycles. The number of amides is 1. The van der Waals surface area contributed by atoms with E-state index in [-0.39, 0.29) is 12.3 Å². The Bertz CT molecular complexity index is 550. The van der Waals surface area contributed by atoms with Gasteiger partial charge in [0.15, 0.2) is 0 Å². The number of aliphatic carboxylic acids is 1. The fraction of sp³-hybridized carbons (Fsp3) is 0.500. The number of carboxylic acids is 1. The van der Waals surface area contributed by atoms with Crippen LogP contribution in [0, 0.1) is 12.3 Å². The van der Waals surface area contributed by atoms with E-state index >= 15 is 0 Å². The average Bonchev–Trinajstić information content (AvgIpc) is 2.43. The molecule has 2 rings (SSSR count). The predicted octanol–water partition coefficient (Wildman–Crippen LogP) is 4.12. The normalized spacial score (nSPS) is 17.2. The van der Waals surface area contributed by atoms with Crippen molar-refractivity contribution in [2.75, 3.05) is 5.32 Å². The van der Waals surface area contributed by atoms with Gasteiger partial charge in [0.05, 0.1) is 5.41 Å². The van der Waals surface area contributed by atoms with E-state index < -0.39 is 11.4 Å². The van der Waals surface area contributed by atoms with E-state index in [9.17, 15) is 14.7 Å². The number of carbonyl (C=O) groups is 2. The second-order valence-electron chi connectivity index (χ2n) is 5.84. The lowest BCUT2D eigenvalue weighted by atomic mass is 9.71. The van der Waals surface area contributed by atoms with Crippen molar-refractivity contribution < 1.29 is 14.7 Å². The summed E-state index contributed by atoms with van der Waals surface area (Å²) >= 11 is 3.42. The molecular formula is C16H20BrNO3. The summed E-state index contributed by atoms with van der Waals surface area (Å²) in [6.07, 6.45) is 4.06. The molecule has 0 aliphatic heterocycles. The molecule has 0 saturated heterocycles. The number of hydrogen-bond donors (Lipinski definition) is 2. The van der Waals surface area contributed by atoms with Crippen molar-refractivity contribution in [2.24, 2.45) is 5.41 Å². The van der Waals surface area contributed by atoms with Crippen molar-refractivity contribution in [3.63, 3.8) is 0 Å². The molecule has 1 saturated carbocycles. The van der Waals surface area contributed by atoms with E-state index in [0.717, 1.165) is 29.3 Å². The summed E-state index contributed by atoms with van der Waals surface area (Å²) in [7, 11) is 0. The first-order chi connectivity index (χ1) is 9.93. The van der Waals surface area contributed by atoms with Crippen LogP contribution in [0.25, 0.3) is 0 Å². The first-order valence-corrected chi connectivity index (χ1v) is 8.02. The Hall–Kier alpha value is -1.36. The molecule has 4 nitrogen and oxygen atoms in total. The minimum absolute atomic E-state index is 0.0494. The zero-order valence-electron chi connectivity index (χ0n) is 12.1. The lowest BCUT2D eigenvalue weighted by Gasteiger charge is -2.32. The van der Waals surface area contributed by atoms with E-state index in [0.29, 0.717) is 18.5 Å². The van der Waals surface area contributed by atoms with Crippen LogP contribution in [-0.2, 0) is 9.59 Å². The number of halogens is 1. The number of hydrogen-bond acceptors (Lipinski definition) is 2. The molecule has 0 atom stereocenters. The molecule has 0 spiro atoms. The number of benzene rings is 1. The minimum atomic E-state index is -0.885. The Kier molecular flexibility index (Phi) is 5.04. The molecule has 0 radical (unpaired) electrons. The highest BCUT2D eigenvalue weighted by atomic mass is 79.9. The van der Waals surface area contributed by atoms with Crippen molar-refractivity contribution in [1.29, 1.82) is 0 Å². The van der Waals surface area contributed by atoms with Crippen LogP contribution in [0.3, 0.4) is 0 Å². The predicted molar refractivity (Wildman–Crippen MR) is 85.3 cm³/mol. The van der Waals surface area contributed by atoms with Crippen molar-refractivity contribution in [2.45, 2.75) is 45.4 Å². The Morgan fingerprint density at radius 2 is 1.95 bits per heavy atom. The first kappa shape index (κ1) is 16.0. The molecule has 1 fully saturated rings. The number of nitrogens with one attached hydrogen (secondary N) is 1. The van der Waals surface area contributed by atoms with Gasteiger partial charge in [0.1, 0.15) is 0 Å². The Morgan fingerprint density at radius 3 is 2.52 bits per heavy atom. The minimum Gasteiger partial charge on any atom is -0.481 e. The van der Waals surface area contributed by atoms with E-state index in [1.54, 1.807) is 0 Å². The van der Waals surface area contributed by atoms with Crippen molar-refractivity contribution in [1.82, 2.24) is 0 Å². The Labute approximate surface area is 133 Å². The molecule has 1 aliphatic rings. The highest BCUT2D eigenvalue weighted by Gasteiger charge is 2.41. The van der Waals surface area contributed by atoms with Gasteiger partial charge >= 0.3 is 5.97 Å². The van der Waals surface area contributed by atoms with Gasteiger partial charge in [-0.05, 0) is 37.5 Å². The van der Waals surface area contributed by atoms with E-state index in [4.69, 9.17) is 0 Å². The van der Waals surface area contributed by atoms with Crippen LogP contribution in [0.4, 0.5) is 5.69 Å². The van der Waals surface area contributed by atoms with Crippen LogP contribution in [0.15, 0.2) is 22.7 Å². The largest absolute Gasteiger partial charge is 0.481 e. The molecular weight excluding hydrogens is 334 g/mol. The lowest BCUT2D eigenvalue weighted by molar-refractivity contribution is -0.153. The summed E-state index contributed by atoms with van der Waals surface area (Å²) in [5.74, 6) is -1.07. The maximum Gasteiger partial charge on any atom is 0.310 e. The zero-order chi connectivity index (χ0) is 15.5. The molecule has 0 unspecified atom stereocenters. The third-order valence-electron chi connectivity index (χ3n) is 4.22. The summed E-state index contributed by atoms with van der Waals surface area (Å²) in [6, 6.07) is 5.57. The fourth-order valence-electron chi connectivity index (χ4n) is 2.88. The van der Waals surface area contributed by atoms with E-state index in [2.05, 4.69) is 21.2 Å². The summed E-state index contributed by atoms with van der Waals surface area (Å²) in [5.41, 5.74) is 0.890. The maximum absolute atomic E-state index is 12.2. The highest BCUT2D eigenvalue weighted by molar-refractivity contribution is 9.10. The topological polar surface area (TPSA) is 66.4 Å². The summed E-state index contributed by atoms with van der Waals surface area (Å²) in [5, 5.41) is 12.3. The van der Waals surface area contributed by atoms with Gasteiger partial charge in [0, 0.05) is 16.6 Å². The van der Waals surface area contributed by atoms with Gasteiger partial charge in [-0.3, -0.25) is 9.59 Å². The molecule has 5 heteroatoms. The van der Waals surface area contributed by atoms with Crippen molar-refractivity contribution >= 4 is 33.5 Å². The standard InChI is InChI=1S/C16H20BrNO3/c1-11-5-6-12(9-13(11)17)18-14(19)10-16(15(20)21)7-3-2-4-8-16/h5-6,9H,2-4,7-8,10H2,1H3,(H,18,19)(H,20,21). The molecule has 2 N–H and O–H groups in total. The van der Waals surface area contributed by atoms with Gasteiger partial charge in [0.25, 0.3) is 0 Å². The lowest BCUT2D eigenvalue weighted by Crippen LogP contribution is -2.37. The summed E-state index contributed by atoms with van der Waals surface area (Å²) in [4.78, 5) is 23.8. The zero-order valence-corrected chi connectivity index (χ0v) is 13.7. The molecule has 1 amide bonds. The van der Waals surface area contributed by atoms with Gasteiger partial charge in [-0.1, -0.05) is 41.3 Å². The van der Waals surface area contributed by atoms with Gasteiger partial charge < -0.3 is 10.4 Å². The molecule has 21 heavy (non-hydrogen) atoms.